The van der Waals surface area contributed by atoms with Crippen molar-refractivity contribution in [1.29, 1.82) is 0 Å². The molecule has 0 radical (unpaired) electrons. The molecule has 7 nitrogen and oxygen atoms in total. The molecule has 1 amide bonds. The number of halogens is 4. The van der Waals surface area contributed by atoms with Gasteiger partial charge in [0.05, 0.1) is 29.3 Å². The second-order valence-corrected chi connectivity index (χ2v) is 9.67. The van der Waals surface area contributed by atoms with Crippen molar-refractivity contribution < 1.29 is 22.4 Å². The van der Waals surface area contributed by atoms with Crippen LogP contribution in [0.15, 0.2) is 78.9 Å². The zero-order chi connectivity index (χ0) is 28.9. The summed E-state index contributed by atoms with van der Waals surface area (Å²) in [6, 6.07) is 21.0. The predicted molar refractivity (Wildman–Crippen MR) is 146 cm³/mol. The number of carbonyl (C=O) groups is 1. The fourth-order valence-corrected chi connectivity index (χ4v) is 4.80. The van der Waals surface area contributed by atoms with Crippen LogP contribution in [0.2, 0.25) is 0 Å². The molecule has 0 aliphatic heterocycles. The van der Waals surface area contributed by atoms with Gasteiger partial charge in [0.25, 0.3) is 5.91 Å². The first-order chi connectivity index (χ1) is 19.6. The standard InChI is InChI=1S/C30H22F4N6O/c1-17-28(18(2)39(37-17)16-19-6-5-9-23(31)12-19)36-29(41)25-15-27-35-24(14-26(30(32,33)34)40(27)38-25)22-11-10-20-7-3-4-8-21(20)13-22/h3-15H,16H2,1-2H3,(H,36,41). The number of benzene rings is 3. The Hall–Kier alpha value is -5.06. The molecule has 206 valence electrons. The lowest BCUT2D eigenvalue weighted by Gasteiger charge is -2.11. The quantitative estimate of drug-likeness (QED) is 0.236. The predicted octanol–water partition coefficient (Wildman–Crippen LogP) is 6.82. The normalized spacial score (nSPS) is 11.9. The third-order valence-corrected chi connectivity index (χ3v) is 6.84. The van der Waals surface area contributed by atoms with Gasteiger partial charge in [-0.05, 0) is 54.4 Å². The molecule has 0 unspecified atom stereocenters. The second-order valence-electron chi connectivity index (χ2n) is 9.67. The van der Waals surface area contributed by atoms with Crippen molar-refractivity contribution in [3.63, 3.8) is 0 Å². The number of rotatable bonds is 5. The van der Waals surface area contributed by atoms with Gasteiger partial charge in [0, 0.05) is 11.6 Å². The number of aromatic nitrogens is 5. The number of alkyl halides is 3. The minimum atomic E-state index is -4.75. The molecule has 0 saturated carbocycles. The van der Waals surface area contributed by atoms with Gasteiger partial charge in [-0.15, -0.1) is 0 Å². The van der Waals surface area contributed by atoms with E-state index in [1.807, 2.05) is 30.3 Å². The first-order valence-corrected chi connectivity index (χ1v) is 12.6. The third-order valence-electron chi connectivity index (χ3n) is 6.84. The Morgan fingerprint density at radius 3 is 2.44 bits per heavy atom. The number of anilines is 1. The fourth-order valence-electron chi connectivity index (χ4n) is 4.80. The van der Waals surface area contributed by atoms with Crippen LogP contribution in [0.3, 0.4) is 0 Å². The van der Waals surface area contributed by atoms with Crippen LogP contribution < -0.4 is 5.32 Å². The molecule has 0 fully saturated rings. The minimum absolute atomic E-state index is 0.104. The summed E-state index contributed by atoms with van der Waals surface area (Å²) in [5.41, 5.74) is 1.35. The summed E-state index contributed by atoms with van der Waals surface area (Å²) in [5.74, 6) is -1.09. The molecule has 3 heterocycles. The Bertz CT molecular complexity index is 1960. The van der Waals surface area contributed by atoms with Crippen molar-refractivity contribution in [1.82, 2.24) is 24.4 Å². The zero-order valence-electron chi connectivity index (χ0n) is 21.9. The van der Waals surface area contributed by atoms with E-state index in [4.69, 9.17) is 0 Å². The summed E-state index contributed by atoms with van der Waals surface area (Å²) in [5, 5.41) is 12.9. The third kappa shape index (κ3) is 5.02. The van der Waals surface area contributed by atoms with E-state index in [1.54, 1.807) is 42.8 Å². The van der Waals surface area contributed by atoms with Gasteiger partial charge in [-0.2, -0.15) is 23.4 Å². The van der Waals surface area contributed by atoms with E-state index < -0.39 is 17.8 Å². The molecule has 1 N–H and O–H groups in total. The van der Waals surface area contributed by atoms with Crippen LogP contribution in [-0.2, 0) is 12.7 Å². The second kappa shape index (κ2) is 9.84. The average molecular weight is 559 g/mol. The molecule has 0 atom stereocenters. The summed E-state index contributed by atoms with van der Waals surface area (Å²) >= 11 is 0. The van der Waals surface area contributed by atoms with Crippen LogP contribution in [-0.4, -0.2) is 30.3 Å². The van der Waals surface area contributed by atoms with E-state index in [-0.39, 0.29) is 29.4 Å². The Kier molecular flexibility index (Phi) is 6.29. The van der Waals surface area contributed by atoms with Crippen molar-refractivity contribution in [3.8, 4) is 11.3 Å². The SMILES string of the molecule is Cc1nn(Cc2cccc(F)c2)c(C)c1NC(=O)c1cc2nc(-c3ccc4ccccc4c3)cc(C(F)(F)F)n2n1. The molecule has 0 aliphatic rings. The maximum absolute atomic E-state index is 14.1. The Labute approximate surface area is 231 Å². The molecule has 0 bridgehead atoms. The lowest BCUT2D eigenvalue weighted by atomic mass is 10.0. The number of hydrogen-bond donors (Lipinski definition) is 1. The summed E-state index contributed by atoms with van der Waals surface area (Å²) in [7, 11) is 0. The van der Waals surface area contributed by atoms with Gasteiger partial charge in [0.15, 0.2) is 17.0 Å². The maximum atomic E-state index is 14.1. The number of hydrogen-bond acceptors (Lipinski definition) is 4. The van der Waals surface area contributed by atoms with Crippen molar-refractivity contribution in [2.45, 2.75) is 26.6 Å². The van der Waals surface area contributed by atoms with Crippen molar-refractivity contribution in [3.05, 3.63) is 113 Å². The highest BCUT2D eigenvalue weighted by atomic mass is 19.4. The largest absolute Gasteiger partial charge is 0.433 e. The summed E-state index contributed by atoms with van der Waals surface area (Å²) in [4.78, 5) is 17.6. The van der Waals surface area contributed by atoms with E-state index in [9.17, 15) is 22.4 Å². The van der Waals surface area contributed by atoms with E-state index in [0.29, 0.717) is 32.7 Å². The summed E-state index contributed by atoms with van der Waals surface area (Å²) in [6.07, 6.45) is -4.75. The maximum Gasteiger partial charge on any atom is 0.433 e. The molecular formula is C30H22F4N6O. The minimum Gasteiger partial charge on any atom is -0.317 e. The van der Waals surface area contributed by atoms with E-state index >= 15 is 0 Å². The summed E-state index contributed by atoms with van der Waals surface area (Å²) in [6.45, 7) is 3.69. The van der Waals surface area contributed by atoms with Crippen LogP contribution >= 0.6 is 0 Å². The lowest BCUT2D eigenvalue weighted by molar-refractivity contribution is -0.142. The Morgan fingerprint density at radius 2 is 1.68 bits per heavy atom. The van der Waals surface area contributed by atoms with Gasteiger partial charge in [0.2, 0.25) is 0 Å². The van der Waals surface area contributed by atoms with E-state index in [1.165, 1.54) is 18.2 Å². The molecule has 11 heteroatoms. The van der Waals surface area contributed by atoms with Gasteiger partial charge in [0.1, 0.15) is 5.82 Å². The Morgan fingerprint density at radius 1 is 0.902 bits per heavy atom. The van der Waals surface area contributed by atoms with Crippen molar-refractivity contribution in [2.75, 3.05) is 5.32 Å². The topological polar surface area (TPSA) is 77.1 Å². The van der Waals surface area contributed by atoms with Gasteiger partial charge in [-0.25, -0.2) is 13.9 Å². The average Bonchev–Trinajstić information content (AvgIpc) is 3.48. The highest BCUT2D eigenvalue weighted by molar-refractivity contribution is 6.04. The number of carbonyl (C=O) groups excluding carboxylic acids is 1. The zero-order valence-corrected chi connectivity index (χ0v) is 21.9. The molecule has 41 heavy (non-hydrogen) atoms. The molecule has 0 aliphatic carbocycles. The van der Waals surface area contributed by atoms with Gasteiger partial charge >= 0.3 is 6.18 Å². The van der Waals surface area contributed by atoms with Gasteiger partial charge in [-0.1, -0.05) is 48.5 Å². The lowest BCUT2D eigenvalue weighted by Crippen LogP contribution is -2.16. The number of aryl methyl sites for hydroxylation is 1. The molecule has 0 saturated heterocycles. The van der Waals surface area contributed by atoms with Crippen LogP contribution in [0.25, 0.3) is 27.7 Å². The number of fused-ring (bicyclic) bond motifs is 2. The number of nitrogens with one attached hydrogen (secondary N) is 1. The van der Waals surface area contributed by atoms with E-state index in [0.717, 1.165) is 16.8 Å². The van der Waals surface area contributed by atoms with Crippen LogP contribution in [0, 0.1) is 19.7 Å². The van der Waals surface area contributed by atoms with Crippen molar-refractivity contribution in [2.24, 2.45) is 0 Å². The number of nitrogens with zero attached hydrogens (tertiary/aromatic N) is 5. The van der Waals surface area contributed by atoms with Crippen molar-refractivity contribution >= 4 is 28.0 Å². The fraction of sp³-hybridized carbons (Fsp3) is 0.133. The van der Waals surface area contributed by atoms with E-state index in [2.05, 4.69) is 20.5 Å². The van der Waals surface area contributed by atoms with Crippen LogP contribution in [0.5, 0.6) is 0 Å². The highest BCUT2D eigenvalue weighted by Gasteiger charge is 2.36. The molecule has 0 spiro atoms. The smallest absolute Gasteiger partial charge is 0.317 e. The molecule has 6 aromatic rings. The van der Waals surface area contributed by atoms with Gasteiger partial charge < -0.3 is 5.32 Å². The monoisotopic (exact) mass is 558 g/mol. The molecule has 6 rings (SSSR count). The molecule has 3 aromatic heterocycles. The summed E-state index contributed by atoms with van der Waals surface area (Å²) < 4.78 is 58.2. The molecular weight excluding hydrogens is 536 g/mol. The van der Waals surface area contributed by atoms with Crippen LogP contribution in [0.4, 0.5) is 23.2 Å². The first kappa shape index (κ1) is 26.2. The number of amides is 1. The van der Waals surface area contributed by atoms with Gasteiger partial charge in [-0.3, -0.25) is 9.48 Å². The first-order valence-electron chi connectivity index (χ1n) is 12.6. The highest BCUT2D eigenvalue weighted by Crippen LogP contribution is 2.33. The Balaban J connectivity index is 1.34. The van der Waals surface area contributed by atoms with Crippen LogP contribution in [0.1, 0.15) is 33.1 Å². The molecule has 3 aromatic carbocycles.